The van der Waals surface area contributed by atoms with Crippen LogP contribution in [0.2, 0.25) is 10.0 Å². The average Bonchev–Trinajstić information content (AvgIpc) is 3.58. The minimum atomic E-state index is -0.544. The topological polar surface area (TPSA) is 157 Å². The van der Waals surface area contributed by atoms with E-state index in [1.54, 1.807) is 29.6 Å². The third kappa shape index (κ3) is 7.46. The van der Waals surface area contributed by atoms with Crippen LogP contribution in [0, 0.1) is 5.41 Å². The molecule has 3 aliphatic rings. The van der Waals surface area contributed by atoms with Crippen LogP contribution in [0.4, 0.5) is 4.79 Å². The molecule has 8 rings (SSSR count). The molecule has 1 aliphatic carbocycles. The Balaban J connectivity index is 0.989. The van der Waals surface area contributed by atoms with Crippen molar-refractivity contribution in [1.82, 2.24) is 39.7 Å². The number of nitrogens with one attached hydrogen (secondary N) is 1. The number of amides is 2. The maximum atomic E-state index is 12.6. The number of pyridine rings is 3. The number of fused-ring (bicyclic) bond motifs is 1. The van der Waals surface area contributed by atoms with E-state index in [0.29, 0.717) is 105 Å². The van der Waals surface area contributed by atoms with Gasteiger partial charge in [0.05, 0.1) is 54.8 Å². The van der Waals surface area contributed by atoms with Crippen LogP contribution in [0.1, 0.15) is 44.0 Å². The second-order valence-electron chi connectivity index (χ2n) is 14.8. The van der Waals surface area contributed by atoms with E-state index in [-0.39, 0.29) is 30.1 Å². The number of alkyl carbamates (subject to hydrolysis) is 1. The second-order valence-corrected chi connectivity index (χ2v) is 15.6. The summed E-state index contributed by atoms with van der Waals surface area (Å²) in [5.74, 6) is 1.57. The number of aliphatic hydroxyl groups excluding tert-OH is 1. The van der Waals surface area contributed by atoms with Gasteiger partial charge in [-0.15, -0.1) is 5.10 Å². The Bertz CT molecular complexity index is 2300. The molecule has 0 unspecified atom stereocenters. The quantitative estimate of drug-likeness (QED) is 0.170. The lowest BCUT2D eigenvalue weighted by molar-refractivity contribution is -0.131. The van der Waals surface area contributed by atoms with Crippen molar-refractivity contribution in [3.05, 3.63) is 76.3 Å². The van der Waals surface area contributed by atoms with Crippen LogP contribution in [0.15, 0.2) is 54.9 Å². The number of carbonyl (C=O) groups excluding carboxylic acids is 2. The highest BCUT2D eigenvalue weighted by molar-refractivity contribution is 6.39. The molecule has 3 fully saturated rings. The summed E-state index contributed by atoms with van der Waals surface area (Å²) in [6.07, 6.45) is 5.49. The maximum absolute atomic E-state index is 12.6. The van der Waals surface area contributed by atoms with Crippen molar-refractivity contribution in [2.24, 2.45) is 5.41 Å². The van der Waals surface area contributed by atoms with E-state index in [0.717, 1.165) is 25.9 Å². The molecule has 5 aromatic rings. The highest BCUT2D eigenvalue weighted by atomic mass is 35.5. The molecule has 1 saturated carbocycles. The molecule has 1 aromatic carbocycles. The first-order valence-electron chi connectivity index (χ1n) is 18.5. The number of halogens is 2. The number of benzene rings is 1. The Morgan fingerprint density at radius 2 is 1.73 bits per heavy atom. The Labute approximate surface area is 333 Å². The summed E-state index contributed by atoms with van der Waals surface area (Å²) in [5.41, 5.74) is 5.30. The van der Waals surface area contributed by atoms with Gasteiger partial charge in [-0.3, -0.25) is 14.7 Å². The smallest absolute Gasteiger partial charge is 0.407 e. The lowest BCUT2D eigenvalue weighted by Crippen LogP contribution is -2.63. The molecule has 1 spiro atoms. The first-order valence-corrected chi connectivity index (χ1v) is 19.3. The number of nitrogens with zero attached hydrogens (tertiary/aromatic N) is 7. The van der Waals surface area contributed by atoms with Crippen LogP contribution < -0.4 is 14.8 Å². The fourth-order valence-electron chi connectivity index (χ4n) is 8.13. The lowest BCUT2D eigenvalue weighted by atomic mass is 9.62. The number of likely N-dealkylation sites (tertiary alicyclic amines) is 2. The summed E-state index contributed by atoms with van der Waals surface area (Å²) in [6.45, 7) is 5.30. The van der Waals surface area contributed by atoms with Crippen molar-refractivity contribution in [3.63, 3.8) is 0 Å². The number of hydrogen-bond acceptors (Lipinski definition) is 11. The monoisotopic (exact) mass is 800 g/mol. The fourth-order valence-corrected chi connectivity index (χ4v) is 8.78. The summed E-state index contributed by atoms with van der Waals surface area (Å²) in [6, 6.07) is 12.9. The third-order valence-corrected chi connectivity index (χ3v) is 11.7. The molecule has 0 bridgehead atoms. The van der Waals surface area contributed by atoms with Crippen molar-refractivity contribution in [2.75, 3.05) is 40.4 Å². The van der Waals surface area contributed by atoms with Crippen LogP contribution in [-0.2, 0) is 22.6 Å². The Hall–Kier alpha value is -5.02. The highest BCUT2D eigenvalue weighted by Crippen LogP contribution is 2.48. The molecule has 292 valence electrons. The molecular weight excluding hydrogens is 759 g/mol. The van der Waals surface area contributed by atoms with Crippen molar-refractivity contribution >= 4 is 40.8 Å². The minimum Gasteiger partial charge on any atom is -0.493 e. The summed E-state index contributed by atoms with van der Waals surface area (Å²) < 4.78 is 18.6. The molecule has 2 amide bonds. The standard InChI is InChI=1S/C40H42Cl2N8O6/c1-23(51)49-13-10-27(11-14-49)56-39(53)44-18-24-7-8-31(45-38(24)55-3)30-6-4-5-28(34(30)41)29-9-12-43-36(35(29)42)25-15-32(54-2)37-46-33(47-50(37)19-25)20-48-21-40(22-48)16-26(52)17-40/h4-9,12,15,19,26-27,52H,10-11,13-14,16-18,20-22H2,1-3H3,(H,44,53). The number of hydrogen-bond donors (Lipinski definition) is 2. The van der Waals surface area contributed by atoms with Crippen LogP contribution in [0.5, 0.6) is 11.6 Å². The van der Waals surface area contributed by atoms with Gasteiger partial charge >= 0.3 is 6.09 Å². The fraction of sp³-hybridized carbons (Fsp3) is 0.400. The summed E-state index contributed by atoms with van der Waals surface area (Å²) in [7, 11) is 3.11. The maximum Gasteiger partial charge on any atom is 0.407 e. The summed E-state index contributed by atoms with van der Waals surface area (Å²) in [5, 5.41) is 18.1. The Morgan fingerprint density at radius 1 is 0.982 bits per heavy atom. The van der Waals surface area contributed by atoms with E-state index in [4.69, 9.17) is 52.5 Å². The molecule has 56 heavy (non-hydrogen) atoms. The van der Waals surface area contributed by atoms with Gasteiger partial charge in [-0.25, -0.2) is 19.3 Å². The van der Waals surface area contributed by atoms with E-state index < -0.39 is 6.09 Å². The molecule has 2 saturated heterocycles. The molecule has 0 radical (unpaired) electrons. The largest absolute Gasteiger partial charge is 0.493 e. The van der Waals surface area contributed by atoms with E-state index >= 15 is 0 Å². The van der Waals surface area contributed by atoms with Crippen molar-refractivity contribution < 1.29 is 28.9 Å². The summed E-state index contributed by atoms with van der Waals surface area (Å²) >= 11 is 14.2. The molecule has 0 atom stereocenters. The van der Waals surface area contributed by atoms with Crippen LogP contribution >= 0.6 is 23.2 Å². The molecule has 4 aromatic heterocycles. The molecule has 2 aliphatic heterocycles. The minimum absolute atomic E-state index is 0.0240. The molecule has 16 heteroatoms. The van der Waals surface area contributed by atoms with Crippen LogP contribution in [0.3, 0.4) is 0 Å². The number of ether oxygens (including phenoxy) is 3. The number of piperidine rings is 1. The van der Waals surface area contributed by atoms with Gasteiger partial charge in [-0.2, -0.15) is 0 Å². The van der Waals surface area contributed by atoms with E-state index in [9.17, 15) is 14.7 Å². The van der Waals surface area contributed by atoms with Crippen LogP contribution in [0.25, 0.3) is 39.3 Å². The molecular formula is C40H42Cl2N8O6. The van der Waals surface area contributed by atoms with Gasteiger partial charge in [0.25, 0.3) is 0 Å². The lowest BCUT2D eigenvalue weighted by Gasteiger charge is -2.57. The van der Waals surface area contributed by atoms with Gasteiger partial charge in [-0.05, 0) is 37.1 Å². The van der Waals surface area contributed by atoms with Crippen molar-refractivity contribution in [1.29, 1.82) is 0 Å². The van der Waals surface area contributed by atoms with Gasteiger partial charge in [0.2, 0.25) is 11.8 Å². The zero-order valence-corrected chi connectivity index (χ0v) is 32.8. The number of aromatic nitrogens is 5. The summed E-state index contributed by atoms with van der Waals surface area (Å²) in [4.78, 5) is 42.4. The SMILES string of the molecule is COc1nc(-c2cccc(-c3ccnc(-c4cc(OC)c5nc(CN6CC7(CC(O)C7)C6)nn5c4)c3Cl)c2Cl)ccc1CNC(=O)OC1CCN(C(C)=O)CC1. The third-order valence-electron chi connectivity index (χ3n) is 10.9. The van der Waals surface area contributed by atoms with Gasteiger partial charge in [0, 0.05) is 91.6 Å². The van der Waals surface area contributed by atoms with E-state index in [1.165, 1.54) is 7.11 Å². The normalized spacial score (nSPS) is 17.1. The van der Waals surface area contributed by atoms with Gasteiger partial charge in [0.1, 0.15) is 6.10 Å². The number of carbonyl (C=O) groups is 2. The average molecular weight is 802 g/mol. The van der Waals surface area contributed by atoms with Gasteiger partial charge < -0.3 is 29.5 Å². The predicted molar refractivity (Wildman–Crippen MR) is 210 cm³/mol. The Morgan fingerprint density at radius 3 is 2.45 bits per heavy atom. The van der Waals surface area contributed by atoms with Crippen LogP contribution in [-0.4, -0.2) is 104 Å². The highest BCUT2D eigenvalue weighted by Gasteiger charge is 2.51. The van der Waals surface area contributed by atoms with Crippen molar-refractivity contribution in [3.8, 4) is 45.3 Å². The number of methoxy groups -OCH3 is 2. The first-order chi connectivity index (χ1) is 27.0. The zero-order valence-electron chi connectivity index (χ0n) is 31.3. The van der Waals surface area contributed by atoms with E-state index in [2.05, 4.69) is 15.2 Å². The zero-order chi connectivity index (χ0) is 39.1. The number of rotatable bonds is 10. The second kappa shape index (κ2) is 15.5. The van der Waals surface area contributed by atoms with Gasteiger partial charge in [-0.1, -0.05) is 41.4 Å². The molecule has 6 heterocycles. The molecule has 2 N–H and O–H groups in total. The Kier molecular flexibility index (Phi) is 10.5. The predicted octanol–water partition coefficient (Wildman–Crippen LogP) is 6.04. The van der Waals surface area contributed by atoms with Crippen molar-refractivity contribution in [2.45, 2.75) is 57.9 Å². The molecule has 14 nitrogen and oxygen atoms in total. The van der Waals surface area contributed by atoms with E-state index in [1.807, 2.05) is 48.7 Å². The number of aliphatic hydroxyl groups is 1. The van der Waals surface area contributed by atoms with Gasteiger partial charge in [0.15, 0.2) is 17.2 Å². The first kappa shape index (κ1) is 37.9.